The first kappa shape index (κ1) is 19.7. The molecule has 154 valence electrons. The van der Waals surface area contributed by atoms with Gasteiger partial charge in [-0.05, 0) is 18.2 Å². The second-order valence-electron chi connectivity index (χ2n) is 6.67. The molecule has 1 aliphatic rings. The topological polar surface area (TPSA) is 131 Å². The highest BCUT2D eigenvalue weighted by molar-refractivity contribution is 7.15. The SMILES string of the molecule is O=C(CN1CCc2nc(NC(=O)c3ccoc3)sc2C1)Nc1ccc([N+](=O)[O-])cc1. The number of nitro benzene ring substituents is 1. The molecule has 1 aliphatic heterocycles. The van der Waals surface area contributed by atoms with Crippen LogP contribution in [0, 0.1) is 10.1 Å². The standard InChI is InChI=1S/C19H17N5O5S/c25-17(20-13-1-3-14(4-2-13)24(27)28)10-23-7-5-15-16(9-23)30-19(21-15)22-18(26)12-6-8-29-11-12/h1-4,6,8,11H,5,7,9-10H2,(H,20,25)(H,21,22,26). The van der Waals surface area contributed by atoms with E-state index in [9.17, 15) is 19.7 Å². The zero-order valence-corrected chi connectivity index (χ0v) is 16.5. The average Bonchev–Trinajstić information content (AvgIpc) is 3.37. The lowest BCUT2D eigenvalue weighted by Crippen LogP contribution is -2.36. The number of amides is 2. The molecule has 0 bridgehead atoms. The van der Waals surface area contributed by atoms with E-state index in [0.29, 0.717) is 35.9 Å². The molecule has 0 saturated carbocycles. The highest BCUT2D eigenvalue weighted by Gasteiger charge is 2.23. The zero-order chi connectivity index (χ0) is 21.1. The van der Waals surface area contributed by atoms with Crippen LogP contribution in [0.3, 0.4) is 0 Å². The van der Waals surface area contributed by atoms with Crippen LogP contribution >= 0.6 is 11.3 Å². The first-order valence-corrected chi connectivity index (χ1v) is 9.88. The highest BCUT2D eigenvalue weighted by Crippen LogP contribution is 2.28. The number of hydrogen-bond acceptors (Lipinski definition) is 8. The number of hydrogen-bond donors (Lipinski definition) is 2. The maximum absolute atomic E-state index is 12.3. The maximum Gasteiger partial charge on any atom is 0.269 e. The minimum absolute atomic E-state index is 0.0302. The summed E-state index contributed by atoms with van der Waals surface area (Å²) in [5, 5.41) is 16.7. The number of nitrogens with zero attached hydrogens (tertiary/aromatic N) is 3. The Morgan fingerprint density at radius 1 is 1.23 bits per heavy atom. The van der Waals surface area contributed by atoms with E-state index in [1.54, 1.807) is 6.07 Å². The van der Waals surface area contributed by atoms with Crippen LogP contribution in [0.5, 0.6) is 0 Å². The molecular formula is C19H17N5O5S. The molecule has 0 saturated heterocycles. The molecule has 0 aliphatic carbocycles. The summed E-state index contributed by atoms with van der Waals surface area (Å²) in [5.74, 6) is -0.487. The molecule has 2 amide bonds. The number of thiazole rings is 1. The molecule has 4 rings (SSSR count). The van der Waals surface area contributed by atoms with Crippen LogP contribution in [-0.4, -0.2) is 39.7 Å². The molecule has 2 N–H and O–H groups in total. The van der Waals surface area contributed by atoms with Gasteiger partial charge < -0.3 is 9.73 Å². The minimum Gasteiger partial charge on any atom is -0.472 e. The van der Waals surface area contributed by atoms with Crippen LogP contribution in [0.1, 0.15) is 20.9 Å². The van der Waals surface area contributed by atoms with Crippen LogP contribution in [0.2, 0.25) is 0 Å². The third kappa shape index (κ3) is 4.53. The number of rotatable bonds is 6. The Kier molecular flexibility index (Phi) is 5.55. The molecule has 0 radical (unpaired) electrons. The van der Waals surface area contributed by atoms with Gasteiger partial charge >= 0.3 is 0 Å². The summed E-state index contributed by atoms with van der Waals surface area (Å²) in [5.41, 5.74) is 1.82. The second kappa shape index (κ2) is 8.43. The lowest BCUT2D eigenvalue weighted by molar-refractivity contribution is -0.384. The number of carbonyl (C=O) groups excluding carboxylic acids is 2. The number of nitro groups is 1. The van der Waals surface area contributed by atoms with Gasteiger partial charge in [-0.15, -0.1) is 11.3 Å². The van der Waals surface area contributed by atoms with Crippen LogP contribution in [0.25, 0.3) is 0 Å². The van der Waals surface area contributed by atoms with Gasteiger partial charge in [-0.1, -0.05) is 0 Å². The molecule has 1 aromatic carbocycles. The van der Waals surface area contributed by atoms with Crippen molar-refractivity contribution < 1.29 is 18.9 Å². The van der Waals surface area contributed by atoms with Gasteiger partial charge in [0.15, 0.2) is 5.13 Å². The lowest BCUT2D eigenvalue weighted by Gasteiger charge is -2.25. The van der Waals surface area contributed by atoms with Crippen molar-refractivity contribution in [2.24, 2.45) is 0 Å². The molecule has 11 heteroatoms. The van der Waals surface area contributed by atoms with Crippen molar-refractivity contribution in [1.82, 2.24) is 9.88 Å². The fourth-order valence-corrected chi connectivity index (χ4v) is 4.12. The normalized spacial score (nSPS) is 13.5. The summed E-state index contributed by atoms with van der Waals surface area (Å²) < 4.78 is 4.91. The van der Waals surface area contributed by atoms with E-state index < -0.39 is 4.92 Å². The largest absolute Gasteiger partial charge is 0.472 e. The predicted octanol–water partition coefficient (Wildman–Crippen LogP) is 2.89. The molecule has 2 aromatic heterocycles. The monoisotopic (exact) mass is 427 g/mol. The highest BCUT2D eigenvalue weighted by atomic mass is 32.1. The molecule has 30 heavy (non-hydrogen) atoms. The first-order valence-electron chi connectivity index (χ1n) is 9.07. The van der Waals surface area contributed by atoms with Gasteiger partial charge in [-0.2, -0.15) is 0 Å². The van der Waals surface area contributed by atoms with Crippen LogP contribution in [0.4, 0.5) is 16.5 Å². The van der Waals surface area contributed by atoms with E-state index in [4.69, 9.17) is 4.42 Å². The van der Waals surface area contributed by atoms with Gasteiger partial charge in [0.2, 0.25) is 5.91 Å². The molecule has 0 spiro atoms. The number of carbonyl (C=O) groups is 2. The Morgan fingerprint density at radius 2 is 2.03 bits per heavy atom. The molecular weight excluding hydrogens is 410 g/mol. The van der Waals surface area contributed by atoms with E-state index >= 15 is 0 Å². The van der Waals surface area contributed by atoms with E-state index in [-0.39, 0.29) is 24.0 Å². The summed E-state index contributed by atoms with van der Waals surface area (Å²) >= 11 is 1.39. The predicted molar refractivity (Wildman–Crippen MR) is 109 cm³/mol. The second-order valence-corrected chi connectivity index (χ2v) is 7.75. The fourth-order valence-electron chi connectivity index (χ4n) is 3.07. The van der Waals surface area contributed by atoms with Crippen molar-refractivity contribution in [3.63, 3.8) is 0 Å². The molecule has 0 atom stereocenters. The summed E-state index contributed by atoms with van der Waals surface area (Å²) in [7, 11) is 0. The summed E-state index contributed by atoms with van der Waals surface area (Å²) in [6, 6.07) is 7.28. The summed E-state index contributed by atoms with van der Waals surface area (Å²) in [4.78, 5) is 42.1. The number of anilines is 2. The third-order valence-corrected chi connectivity index (χ3v) is 5.54. The number of furan rings is 1. The van der Waals surface area contributed by atoms with Crippen LogP contribution in [0.15, 0.2) is 47.3 Å². The van der Waals surface area contributed by atoms with E-state index in [0.717, 1.165) is 10.6 Å². The van der Waals surface area contributed by atoms with E-state index in [1.165, 1.54) is 48.1 Å². The smallest absolute Gasteiger partial charge is 0.269 e. The molecule has 3 heterocycles. The fraction of sp³-hybridized carbons (Fsp3) is 0.211. The Morgan fingerprint density at radius 3 is 2.73 bits per heavy atom. The van der Waals surface area contributed by atoms with Crippen molar-refractivity contribution in [2.75, 3.05) is 23.7 Å². The van der Waals surface area contributed by atoms with Crippen molar-refractivity contribution in [3.8, 4) is 0 Å². The van der Waals surface area contributed by atoms with Crippen molar-refractivity contribution >= 4 is 39.7 Å². The molecule has 10 nitrogen and oxygen atoms in total. The number of fused-ring (bicyclic) bond motifs is 1. The van der Waals surface area contributed by atoms with Crippen molar-refractivity contribution in [1.29, 1.82) is 0 Å². The van der Waals surface area contributed by atoms with Gasteiger partial charge in [-0.25, -0.2) is 4.98 Å². The Bertz CT molecular complexity index is 1080. The van der Waals surface area contributed by atoms with Crippen molar-refractivity contribution in [3.05, 3.63) is 69.1 Å². The number of non-ortho nitro benzene ring substituents is 1. The molecule has 0 unspecified atom stereocenters. The number of aromatic nitrogens is 1. The summed E-state index contributed by atoms with van der Waals surface area (Å²) in [6.45, 7) is 1.41. The zero-order valence-electron chi connectivity index (χ0n) is 15.7. The number of benzene rings is 1. The van der Waals surface area contributed by atoms with Gasteiger partial charge in [0, 0.05) is 42.2 Å². The Labute approximate surface area is 174 Å². The molecule has 3 aromatic rings. The summed E-state index contributed by atoms with van der Waals surface area (Å²) in [6.07, 6.45) is 3.48. The third-order valence-electron chi connectivity index (χ3n) is 4.54. The van der Waals surface area contributed by atoms with E-state index in [2.05, 4.69) is 15.6 Å². The first-order chi connectivity index (χ1) is 14.5. The van der Waals surface area contributed by atoms with Gasteiger partial charge in [0.25, 0.3) is 11.6 Å². The quantitative estimate of drug-likeness (QED) is 0.457. The van der Waals surface area contributed by atoms with Gasteiger partial charge in [0.1, 0.15) is 6.26 Å². The lowest BCUT2D eigenvalue weighted by atomic mass is 10.2. The molecule has 0 fully saturated rings. The van der Waals surface area contributed by atoms with Crippen molar-refractivity contribution in [2.45, 2.75) is 13.0 Å². The maximum atomic E-state index is 12.3. The Balaban J connectivity index is 1.32. The van der Waals surface area contributed by atoms with Gasteiger partial charge in [-0.3, -0.25) is 29.9 Å². The average molecular weight is 427 g/mol. The minimum atomic E-state index is -0.488. The van der Waals surface area contributed by atoms with Gasteiger partial charge in [0.05, 0.1) is 29.0 Å². The van der Waals surface area contributed by atoms with Crippen LogP contribution in [-0.2, 0) is 17.8 Å². The van der Waals surface area contributed by atoms with E-state index in [1.807, 2.05) is 4.90 Å². The van der Waals surface area contributed by atoms with Crippen LogP contribution < -0.4 is 10.6 Å². The Hall–Kier alpha value is -3.57. The number of nitrogens with one attached hydrogen (secondary N) is 2.